The molecular weight excluding hydrogens is 364 g/mol. The summed E-state index contributed by atoms with van der Waals surface area (Å²) in [4.78, 5) is 27.9. The first kappa shape index (κ1) is 18.7. The molecule has 1 amide bonds. The third-order valence-electron chi connectivity index (χ3n) is 4.01. The van der Waals surface area contributed by atoms with Gasteiger partial charge in [-0.2, -0.15) is 0 Å². The van der Waals surface area contributed by atoms with Crippen molar-refractivity contribution in [1.29, 1.82) is 0 Å². The highest BCUT2D eigenvalue weighted by Crippen LogP contribution is 2.31. The zero-order valence-electron chi connectivity index (χ0n) is 15.1. The molecule has 138 valence electrons. The highest BCUT2D eigenvalue weighted by atomic mass is 32.2. The Morgan fingerprint density at radius 1 is 1.22 bits per heavy atom. The lowest BCUT2D eigenvalue weighted by molar-refractivity contribution is -0.384. The van der Waals surface area contributed by atoms with Crippen LogP contribution in [0.3, 0.4) is 0 Å². The normalized spacial score (nSPS) is 16.6. The maximum absolute atomic E-state index is 12.2. The summed E-state index contributed by atoms with van der Waals surface area (Å²) >= 11 is 1.21. The van der Waals surface area contributed by atoms with Crippen molar-refractivity contribution in [1.82, 2.24) is 5.32 Å². The smallest absolute Gasteiger partial charge is 0.292 e. The Kier molecular flexibility index (Phi) is 5.27. The minimum absolute atomic E-state index is 0.0422. The van der Waals surface area contributed by atoms with E-state index in [0.29, 0.717) is 21.3 Å². The van der Waals surface area contributed by atoms with Crippen molar-refractivity contribution < 1.29 is 9.72 Å². The monoisotopic (exact) mass is 382 g/mol. The van der Waals surface area contributed by atoms with E-state index in [4.69, 9.17) is 0 Å². The van der Waals surface area contributed by atoms with Gasteiger partial charge in [0, 0.05) is 13.1 Å². The van der Waals surface area contributed by atoms with Gasteiger partial charge in [-0.25, -0.2) is 4.99 Å². The van der Waals surface area contributed by atoms with Gasteiger partial charge in [-0.15, -0.1) is 0 Å². The van der Waals surface area contributed by atoms with Crippen LogP contribution in [0.5, 0.6) is 0 Å². The first-order valence-corrected chi connectivity index (χ1v) is 9.02. The molecule has 0 bridgehead atoms. The van der Waals surface area contributed by atoms with Crippen LogP contribution in [-0.2, 0) is 4.79 Å². The van der Waals surface area contributed by atoms with Gasteiger partial charge in [0.2, 0.25) is 0 Å². The Bertz CT molecular complexity index is 998. The number of benzene rings is 2. The summed E-state index contributed by atoms with van der Waals surface area (Å²) in [6.07, 6.45) is 1.62. The van der Waals surface area contributed by atoms with Crippen LogP contribution >= 0.6 is 11.8 Å². The molecule has 1 saturated heterocycles. The lowest BCUT2D eigenvalue weighted by Gasteiger charge is -2.03. The van der Waals surface area contributed by atoms with Crippen LogP contribution in [0.2, 0.25) is 0 Å². The molecule has 8 heteroatoms. The SMILES string of the molecule is CNc1ccc(C=C2SC(=Nc3ccc(C)cc3C)NC2=O)cc1[N+](=O)[O-]. The second-order valence-electron chi connectivity index (χ2n) is 6.06. The molecule has 2 N–H and O–H groups in total. The Labute approximate surface area is 160 Å². The van der Waals surface area contributed by atoms with Gasteiger partial charge in [-0.05, 0) is 54.9 Å². The minimum atomic E-state index is -0.456. The van der Waals surface area contributed by atoms with Crippen LogP contribution in [0.25, 0.3) is 6.08 Å². The summed E-state index contributed by atoms with van der Waals surface area (Å²) in [7, 11) is 1.62. The Balaban J connectivity index is 1.88. The molecule has 1 heterocycles. The lowest BCUT2D eigenvalue weighted by atomic mass is 10.1. The van der Waals surface area contributed by atoms with Crippen LogP contribution in [0.4, 0.5) is 17.1 Å². The number of carbonyl (C=O) groups is 1. The molecule has 7 nitrogen and oxygen atoms in total. The van der Waals surface area contributed by atoms with Gasteiger partial charge in [0.15, 0.2) is 5.17 Å². The van der Waals surface area contributed by atoms with Crippen LogP contribution in [0, 0.1) is 24.0 Å². The number of hydrogen-bond donors (Lipinski definition) is 2. The van der Waals surface area contributed by atoms with Crippen LogP contribution in [0.15, 0.2) is 46.3 Å². The number of aryl methyl sites for hydroxylation is 2. The zero-order chi connectivity index (χ0) is 19.6. The quantitative estimate of drug-likeness (QED) is 0.470. The molecule has 0 aliphatic carbocycles. The number of amides is 1. The Morgan fingerprint density at radius 2 is 2.00 bits per heavy atom. The fraction of sp³-hybridized carbons (Fsp3) is 0.158. The summed E-state index contributed by atoms with van der Waals surface area (Å²) in [6.45, 7) is 3.97. The number of rotatable bonds is 4. The molecule has 0 aromatic heterocycles. The molecular formula is C19H18N4O3S. The molecule has 2 aromatic rings. The second kappa shape index (κ2) is 7.63. The van der Waals surface area contributed by atoms with Crippen LogP contribution < -0.4 is 10.6 Å². The summed E-state index contributed by atoms with van der Waals surface area (Å²) < 4.78 is 0. The number of anilines is 1. The average Bonchev–Trinajstić information content (AvgIpc) is 2.96. The predicted molar refractivity (Wildman–Crippen MR) is 109 cm³/mol. The number of nitrogens with one attached hydrogen (secondary N) is 2. The Hall–Kier alpha value is -3.13. The van der Waals surface area contributed by atoms with Crippen molar-refractivity contribution in [2.24, 2.45) is 4.99 Å². The van der Waals surface area contributed by atoms with Gasteiger partial charge in [0.25, 0.3) is 11.6 Å². The second-order valence-corrected chi connectivity index (χ2v) is 7.09. The van der Waals surface area contributed by atoms with E-state index in [0.717, 1.165) is 16.8 Å². The third-order valence-corrected chi connectivity index (χ3v) is 4.92. The van der Waals surface area contributed by atoms with E-state index in [9.17, 15) is 14.9 Å². The number of amidine groups is 1. The molecule has 0 radical (unpaired) electrons. The molecule has 1 aliphatic heterocycles. The number of hydrogen-bond acceptors (Lipinski definition) is 6. The molecule has 2 aromatic carbocycles. The lowest BCUT2D eigenvalue weighted by Crippen LogP contribution is -2.19. The molecule has 27 heavy (non-hydrogen) atoms. The van der Waals surface area contributed by atoms with Crippen molar-refractivity contribution in [2.75, 3.05) is 12.4 Å². The van der Waals surface area contributed by atoms with Gasteiger partial charge >= 0.3 is 0 Å². The molecule has 0 atom stereocenters. The van der Waals surface area contributed by atoms with E-state index in [2.05, 4.69) is 15.6 Å². The fourth-order valence-electron chi connectivity index (χ4n) is 2.67. The fourth-order valence-corrected chi connectivity index (χ4v) is 3.51. The van der Waals surface area contributed by atoms with Crippen molar-refractivity contribution in [3.8, 4) is 0 Å². The van der Waals surface area contributed by atoms with E-state index < -0.39 is 4.92 Å². The summed E-state index contributed by atoms with van der Waals surface area (Å²) in [5.74, 6) is -0.274. The Morgan fingerprint density at radius 3 is 2.67 bits per heavy atom. The number of nitrogens with zero attached hydrogens (tertiary/aromatic N) is 2. The number of aliphatic imine (C=N–C) groups is 1. The molecule has 0 unspecified atom stereocenters. The standard InChI is InChI=1S/C19H18N4O3S/c1-11-4-6-14(12(2)8-11)21-19-22-18(24)17(27-19)10-13-5-7-15(20-3)16(9-13)23(25)26/h4-10,20H,1-3H3,(H,21,22,24). The third kappa shape index (κ3) is 4.17. The first-order valence-electron chi connectivity index (χ1n) is 8.20. The highest BCUT2D eigenvalue weighted by Gasteiger charge is 2.24. The van der Waals surface area contributed by atoms with Crippen LogP contribution in [-0.4, -0.2) is 23.0 Å². The molecule has 1 aliphatic rings. The van der Waals surface area contributed by atoms with E-state index in [1.54, 1.807) is 25.3 Å². The average molecular weight is 382 g/mol. The summed E-state index contributed by atoms with van der Waals surface area (Å²) in [6, 6.07) is 10.7. The maximum Gasteiger partial charge on any atom is 0.292 e. The maximum atomic E-state index is 12.2. The predicted octanol–water partition coefficient (Wildman–Crippen LogP) is 4.14. The van der Waals surface area contributed by atoms with Crippen molar-refractivity contribution in [3.63, 3.8) is 0 Å². The van der Waals surface area contributed by atoms with Crippen LogP contribution in [0.1, 0.15) is 16.7 Å². The first-order chi connectivity index (χ1) is 12.9. The van der Waals surface area contributed by atoms with E-state index in [1.807, 2.05) is 32.0 Å². The summed E-state index contributed by atoms with van der Waals surface area (Å²) in [5.41, 5.74) is 3.91. The van der Waals surface area contributed by atoms with Gasteiger partial charge in [-0.3, -0.25) is 14.9 Å². The number of thioether (sulfide) groups is 1. The van der Waals surface area contributed by atoms with Gasteiger partial charge in [0.1, 0.15) is 5.69 Å². The largest absolute Gasteiger partial charge is 0.383 e. The minimum Gasteiger partial charge on any atom is -0.383 e. The van der Waals surface area contributed by atoms with Gasteiger partial charge < -0.3 is 10.6 Å². The van der Waals surface area contributed by atoms with Crippen molar-refractivity contribution in [2.45, 2.75) is 13.8 Å². The zero-order valence-corrected chi connectivity index (χ0v) is 15.9. The van der Waals surface area contributed by atoms with Crippen molar-refractivity contribution in [3.05, 3.63) is 68.1 Å². The molecule has 1 fully saturated rings. The molecule has 0 spiro atoms. The number of carbonyl (C=O) groups excluding carboxylic acids is 1. The summed E-state index contributed by atoms with van der Waals surface area (Å²) in [5, 5.41) is 17.2. The topological polar surface area (TPSA) is 96.6 Å². The van der Waals surface area contributed by atoms with Crippen molar-refractivity contribution >= 4 is 46.0 Å². The van der Waals surface area contributed by atoms with E-state index >= 15 is 0 Å². The van der Waals surface area contributed by atoms with Gasteiger partial charge in [-0.1, -0.05) is 23.8 Å². The van der Waals surface area contributed by atoms with E-state index in [-0.39, 0.29) is 11.6 Å². The highest BCUT2D eigenvalue weighted by molar-refractivity contribution is 8.18. The number of nitro groups is 1. The number of nitro benzene ring substituents is 1. The molecule has 3 rings (SSSR count). The van der Waals surface area contributed by atoms with E-state index in [1.165, 1.54) is 17.8 Å². The van der Waals surface area contributed by atoms with Gasteiger partial charge in [0.05, 0.1) is 15.5 Å². The molecule has 0 saturated carbocycles.